The molecule has 0 radical (unpaired) electrons. The number of aliphatic hydroxyl groups excluding tert-OH is 4. The van der Waals surface area contributed by atoms with Crippen molar-refractivity contribution in [2.75, 3.05) is 6.61 Å². The Balaban J connectivity index is 2.42. The number of aliphatic hydroxyl groups is 4. The number of rotatable bonds is 8. The number of hydrazone groups is 1. The van der Waals surface area contributed by atoms with E-state index in [1.807, 2.05) is 0 Å². The summed E-state index contributed by atoms with van der Waals surface area (Å²) in [6.45, 7) is 2.73. The summed E-state index contributed by atoms with van der Waals surface area (Å²) in [5.41, 5.74) is 2.87. The zero-order valence-corrected chi connectivity index (χ0v) is 14.0. The first-order valence-corrected chi connectivity index (χ1v) is 7.53. The molecule has 1 aromatic carbocycles. The SMILES string of the molecule is Cc1cc(Cl)ccc1OCC(=O)N/N=C\[C@@H](O)[C@@H](O)[C@H](O)[C@@H](C)O. The average molecular weight is 361 g/mol. The summed E-state index contributed by atoms with van der Waals surface area (Å²) in [7, 11) is 0. The van der Waals surface area contributed by atoms with Gasteiger partial charge in [0, 0.05) is 5.02 Å². The molecule has 5 N–H and O–H groups in total. The van der Waals surface area contributed by atoms with E-state index in [0.717, 1.165) is 11.8 Å². The molecule has 9 heteroatoms. The summed E-state index contributed by atoms with van der Waals surface area (Å²) in [5, 5.41) is 41.6. The van der Waals surface area contributed by atoms with Gasteiger partial charge in [-0.1, -0.05) is 11.6 Å². The van der Waals surface area contributed by atoms with Crippen LogP contribution < -0.4 is 10.2 Å². The third-order valence-electron chi connectivity index (χ3n) is 3.11. The number of aryl methyl sites for hydroxylation is 1. The van der Waals surface area contributed by atoms with Gasteiger partial charge in [0.1, 0.15) is 24.1 Å². The van der Waals surface area contributed by atoms with Crippen LogP contribution in [0, 0.1) is 6.92 Å². The van der Waals surface area contributed by atoms with Crippen molar-refractivity contribution in [2.45, 2.75) is 38.3 Å². The summed E-state index contributed by atoms with van der Waals surface area (Å²) in [6.07, 6.45) is -5.14. The van der Waals surface area contributed by atoms with Gasteiger partial charge in [-0.05, 0) is 37.6 Å². The van der Waals surface area contributed by atoms with E-state index >= 15 is 0 Å². The first-order valence-electron chi connectivity index (χ1n) is 7.15. The second kappa shape index (κ2) is 9.55. The molecule has 0 bridgehead atoms. The average Bonchev–Trinajstić information content (AvgIpc) is 2.52. The second-order valence-electron chi connectivity index (χ2n) is 5.22. The topological polar surface area (TPSA) is 132 Å². The molecule has 0 aliphatic heterocycles. The Kier molecular flexibility index (Phi) is 8.09. The fraction of sp³-hybridized carbons (Fsp3) is 0.467. The molecular weight excluding hydrogens is 340 g/mol. The zero-order chi connectivity index (χ0) is 18.3. The van der Waals surface area contributed by atoms with Gasteiger partial charge < -0.3 is 25.2 Å². The molecule has 0 spiro atoms. The van der Waals surface area contributed by atoms with E-state index in [9.17, 15) is 20.1 Å². The molecule has 0 fully saturated rings. The molecule has 4 atom stereocenters. The second-order valence-corrected chi connectivity index (χ2v) is 5.66. The lowest BCUT2D eigenvalue weighted by Gasteiger charge is -2.22. The van der Waals surface area contributed by atoms with Gasteiger partial charge in [0.25, 0.3) is 5.91 Å². The largest absolute Gasteiger partial charge is 0.483 e. The first kappa shape index (κ1) is 20.3. The Morgan fingerprint density at radius 2 is 2.00 bits per heavy atom. The summed E-state index contributed by atoms with van der Waals surface area (Å²) < 4.78 is 5.30. The number of carbonyl (C=O) groups excluding carboxylic acids is 1. The highest BCUT2D eigenvalue weighted by Gasteiger charge is 2.27. The van der Waals surface area contributed by atoms with E-state index < -0.39 is 30.3 Å². The summed E-state index contributed by atoms with van der Waals surface area (Å²) >= 11 is 5.81. The maximum absolute atomic E-state index is 11.6. The van der Waals surface area contributed by atoms with E-state index in [1.54, 1.807) is 25.1 Å². The van der Waals surface area contributed by atoms with Crippen molar-refractivity contribution in [1.29, 1.82) is 0 Å². The summed E-state index contributed by atoms with van der Waals surface area (Å²) in [6, 6.07) is 4.95. The van der Waals surface area contributed by atoms with E-state index in [2.05, 4.69) is 10.5 Å². The van der Waals surface area contributed by atoms with Crippen molar-refractivity contribution in [2.24, 2.45) is 5.10 Å². The monoisotopic (exact) mass is 360 g/mol. The predicted octanol–water partition coefficient (Wildman–Crippen LogP) is -0.407. The minimum absolute atomic E-state index is 0.311. The predicted molar refractivity (Wildman–Crippen MR) is 88.0 cm³/mol. The molecule has 0 saturated heterocycles. The van der Waals surface area contributed by atoms with E-state index in [4.69, 9.17) is 21.4 Å². The Labute approximate surface area is 144 Å². The molecule has 8 nitrogen and oxygen atoms in total. The van der Waals surface area contributed by atoms with E-state index in [0.29, 0.717) is 10.8 Å². The third-order valence-corrected chi connectivity index (χ3v) is 3.34. The highest BCUT2D eigenvalue weighted by Crippen LogP contribution is 2.21. The molecule has 1 amide bonds. The first-order chi connectivity index (χ1) is 11.2. The maximum atomic E-state index is 11.6. The van der Waals surface area contributed by atoms with Crippen LogP contribution in [0.1, 0.15) is 12.5 Å². The van der Waals surface area contributed by atoms with Crippen molar-refractivity contribution in [1.82, 2.24) is 5.43 Å². The summed E-state index contributed by atoms with van der Waals surface area (Å²) in [5.74, 6) is -0.0904. The highest BCUT2D eigenvalue weighted by molar-refractivity contribution is 6.30. The molecule has 24 heavy (non-hydrogen) atoms. The van der Waals surface area contributed by atoms with Crippen LogP contribution in [0.5, 0.6) is 5.75 Å². The number of hydrogen-bond acceptors (Lipinski definition) is 7. The Morgan fingerprint density at radius 1 is 1.33 bits per heavy atom. The number of hydrogen-bond donors (Lipinski definition) is 5. The molecule has 0 saturated carbocycles. The van der Waals surface area contributed by atoms with Gasteiger partial charge in [0.2, 0.25) is 0 Å². The minimum Gasteiger partial charge on any atom is -0.483 e. The fourth-order valence-corrected chi connectivity index (χ4v) is 1.94. The van der Waals surface area contributed by atoms with Gasteiger partial charge >= 0.3 is 0 Å². The zero-order valence-electron chi connectivity index (χ0n) is 13.3. The van der Waals surface area contributed by atoms with Crippen LogP contribution in [0.2, 0.25) is 5.02 Å². The van der Waals surface area contributed by atoms with E-state index in [1.165, 1.54) is 6.92 Å². The van der Waals surface area contributed by atoms with Crippen LogP contribution in [0.25, 0.3) is 0 Å². The number of nitrogens with one attached hydrogen (secondary N) is 1. The lowest BCUT2D eigenvalue weighted by Crippen LogP contribution is -2.44. The van der Waals surface area contributed by atoms with E-state index in [-0.39, 0.29) is 6.61 Å². The molecule has 0 unspecified atom stereocenters. The van der Waals surface area contributed by atoms with Gasteiger partial charge in [0.15, 0.2) is 6.61 Å². The number of halogens is 1. The lowest BCUT2D eigenvalue weighted by atomic mass is 10.1. The smallest absolute Gasteiger partial charge is 0.277 e. The normalized spacial score (nSPS) is 16.5. The fourth-order valence-electron chi connectivity index (χ4n) is 1.71. The van der Waals surface area contributed by atoms with Crippen molar-refractivity contribution in [3.63, 3.8) is 0 Å². The standard InChI is InChI=1S/C15H21ClN2O6/c1-8-5-10(16)3-4-12(8)24-7-13(21)18-17-6-11(20)15(23)14(22)9(2)19/h3-6,9,11,14-15,19-20,22-23H,7H2,1-2H3,(H,18,21)/b17-6-/t9-,11-,14-,15-/m1/s1. The van der Waals surface area contributed by atoms with Crippen LogP contribution in [-0.4, -0.2) is 63.6 Å². The van der Waals surface area contributed by atoms with Gasteiger partial charge in [-0.15, -0.1) is 0 Å². The van der Waals surface area contributed by atoms with Gasteiger partial charge in [0.05, 0.1) is 12.3 Å². The van der Waals surface area contributed by atoms with Crippen LogP contribution in [0.4, 0.5) is 0 Å². The quantitative estimate of drug-likeness (QED) is 0.316. The molecule has 0 aliphatic rings. The molecule has 0 heterocycles. The van der Waals surface area contributed by atoms with Gasteiger partial charge in [-0.25, -0.2) is 5.43 Å². The lowest BCUT2D eigenvalue weighted by molar-refractivity contribution is -0.123. The summed E-state index contributed by atoms with van der Waals surface area (Å²) in [4.78, 5) is 11.6. The van der Waals surface area contributed by atoms with Crippen molar-refractivity contribution in [3.8, 4) is 5.75 Å². The number of benzene rings is 1. The van der Waals surface area contributed by atoms with Gasteiger partial charge in [-0.2, -0.15) is 5.10 Å². The molecular formula is C15H21ClN2O6. The Morgan fingerprint density at radius 3 is 2.58 bits per heavy atom. The van der Waals surface area contributed by atoms with Crippen molar-refractivity contribution in [3.05, 3.63) is 28.8 Å². The molecule has 1 aromatic rings. The number of nitrogens with zero attached hydrogens (tertiary/aromatic N) is 1. The van der Waals surface area contributed by atoms with Crippen LogP contribution in [0.15, 0.2) is 23.3 Å². The number of carbonyl (C=O) groups is 1. The Bertz CT molecular complexity index is 581. The molecule has 1 rings (SSSR count). The van der Waals surface area contributed by atoms with Crippen LogP contribution in [0.3, 0.4) is 0 Å². The number of ether oxygens (including phenoxy) is 1. The minimum atomic E-state index is -1.64. The molecule has 0 aromatic heterocycles. The van der Waals surface area contributed by atoms with Crippen LogP contribution in [-0.2, 0) is 4.79 Å². The molecule has 134 valence electrons. The van der Waals surface area contributed by atoms with Gasteiger partial charge in [-0.3, -0.25) is 4.79 Å². The molecule has 0 aliphatic carbocycles. The Hall–Kier alpha value is -1.71. The number of amides is 1. The van der Waals surface area contributed by atoms with Crippen molar-refractivity contribution < 1.29 is 30.0 Å². The van der Waals surface area contributed by atoms with Crippen molar-refractivity contribution >= 4 is 23.7 Å². The van der Waals surface area contributed by atoms with Crippen LogP contribution >= 0.6 is 11.6 Å². The highest BCUT2D eigenvalue weighted by atomic mass is 35.5. The third kappa shape index (κ3) is 6.42. The maximum Gasteiger partial charge on any atom is 0.277 e.